The van der Waals surface area contributed by atoms with Gasteiger partial charge in [0.2, 0.25) is 8.32 Å². The van der Waals surface area contributed by atoms with Gasteiger partial charge in [-0.05, 0) is 43.8 Å². The first-order valence-corrected chi connectivity index (χ1v) is 10.5. The molecule has 1 fully saturated rings. The van der Waals surface area contributed by atoms with Gasteiger partial charge in [-0.1, -0.05) is 58.6 Å². The third kappa shape index (κ3) is 4.75. The van der Waals surface area contributed by atoms with Crippen molar-refractivity contribution in [3.05, 3.63) is 11.6 Å². The van der Waals surface area contributed by atoms with E-state index in [0.717, 1.165) is 0 Å². The van der Waals surface area contributed by atoms with Gasteiger partial charge < -0.3 is 4.43 Å². The highest BCUT2D eigenvalue weighted by Crippen LogP contribution is 2.40. The van der Waals surface area contributed by atoms with E-state index in [4.69, 9.17) is 4.43 Å². The molecule has 0 aromatic heterocycles. The first-order chi connectivity index (χ1) is 8.88. The van der Waals surface area contributed by atoms with E-state index in [1.807, 2.05) is 0 Å². The van der Waals surface area contributed by atoms with Crippen LogP contribution in [0.4, 0.5) is 0 Å². The molecule has 0 spiro atoms. The van der Waals surface area contributed by atoms with E-state index < -0.39 is 8.32 Å². The van der Waals surface area contributed by atoms with Crippen molar-refractivity contribution >= 4 is 8.32 Å². The summed E-state index contributed by atoms with van der Waals surface area (Å²) < 4.78 is 6.85. The molecular weight excluding hydrogens is 248 g/mol. The van der Waals surface area contributed by atoms with Crippen LogP contribution in [0.1, 0.15) is 73.6 Å². The van der Waals surface area contributed by atoms with Crippen LogP contribution in [0.25, 0.3) is 0 Å². The van der Waals surface area contributed by atoms with Crippen molar-refractivity contribution in [2.75, 3.05) is 0 Å². The van der Waals surface area contributed by atoms with E-state index >= 15 is 0 Å². The Labute approximate surface area is 122 Å². The molecule has 1 saturated carbocycles. The minimum Gasteiger partial charge on any atom is -0.413 e. The number of rotatable bonds is 6. The monoisotopic (exact) mass is 282 g/mol. The Morgan fingerprint density at radius 1 is 1.05 bits per heavy atom. The minimum atomic E-state index is -1.68. The summed E-state index contributed by atoms with van der Waals surface area (Å²) in [5.41, 5.74) is 2.83. The summed E-state index contributed by atoms with van der Waals surface area (Å²) in [4.78, 5) is 0. The summed E-state index contributed by atoms with van der Waals surface area (Å²) in [5, 5.41) is 0. The molecule has 1 aliphatic rings. The molecule has 0 amide bonds. The highest BCUT2D eigenvalue weighted by atomic mass is 28.4. The Morgan fingerprint density at radius 2 is 1.58 bits per heavy atom. The van der Waals surface area contributed by atoms with Crippen molar-refractivity contribution < 1.29 is 4.43 Å². The molecule has 0 heterocycles. The molecule has 0 aromatic carbocycles. The predicted octanol–water partition coefficient (Wildman–Crippen LogP) is 6.07. The fourth-order valence-electron chi connectivity index (χ4n) is 3.32. The Bertz CT molecular complexity index is 276. The third-order valence-electron chi connectivity index (χ3n) is 4.72. The van der Waals surface area contributed by atoms with Gasteiger partial charge in [-0.2, -0.15) is 0 Å². The van der Waals surface area contributed by atoms with Gasteiger partial charge >= 0.3 is 0 Å². The van der Waals surface area contributed by atoms with Crippen molar-refractivity contribution in [1.29, 1.82) is 0 Å². The van der Waals surface area contributed by atoms with Crippen LogP contribution in [0, 0.1) is 0 Å². The van der Waals surface area contributed by atoms with Crippen LogP contribution < -0.4 is 0 Å². The molecule has 0 radical (unpaired) electrons. The largest absolute Gasteiger partial charge is 0.413 e. The second-order valence-corrected chi connectivity index (χ2v) is 12.0. The van der Waals surface area contributed by atoms with Gasteiger partial charge in [0, 0.05) is 6.10 Å². The molecular formula is C17H34OSi. The molecule has 0 saturated heterocycles. The van der Waals surface area contributed by atoms with Crippen molar-refractivity contribution in [3.63, 3.8) is 0 Å². The molecule has 0 aliphatic heterocycles. The van der Waals surface area contributed by atoms with Crippen molar-refractivity contribution in [2.24, 2.45) is 0 Å². The lowest BCUT2D eigenvalue weighted by Gasteiger charge is -2.42. The maximum absolute atomic E-state index is 6.85. The van der Waals surface area contributed by atoms with Gasteiger partial charge in [-0.15, -0.1) is 0 Å². The molecule has 0 bridgehead atoms. The molecule has 0 aromatic rings. The van der Waals surface area contributed by atoms with E-state index in [9.17, 15) is 0 Å². The molecule has 1 nitrogen and oxygen atoms in total. The fraction of sp³-hybridized carbons (Fsp3) is 0.882. The van der Waals surface area contributed by atoms with E-state index in [0.29, 0.717) is 17.2 Å². The summed E-state index contributed by atoms with van der Waals surface area (Å²) in [5.74, 6) is 0. The van der Waals surface area contributed by atoms with Crippen LogP contribution in [-0.4, -0.2) is 14.4 Å². The quantitative estimate of drug-likeness (QED) is 0.424. The smallest absolute Gasteiger partial charge is 0.201 e. The Morgan fingerprint density at radius 3 is 2.00 bits per heavy atom. The highest BCUT2D eigenvalue weighted by Gasteiger charge is 2.42. The zero-order valence-corrected chi connectivity index (χ0v) is 15.0. The second kappa shape index (κ2) is 7.63. The first-order valence-electron chi connectivity index (χ1n) is 8.19. The molecule has 2 heteroatoms. The van der Waals surface area contributed by atoms with Crippen molar-refractivity contribution in [3.8, 4) is 0 Å². The van der Waals surface area contributed by atoms with Gasteiger partial charge in [-0.3, -0.25) is 0 Å². The van der Waals surface area contributed by atoms with Gasteiger partial charge in [0.25, 0.3) is 0 Å². The van der Waals surface area contributed by atoms with E-state index in [-0.39, 0.29) is 0 Å². The molecule has 1 aliphatic carbocycles. The van der Waals surface area contributed by atoms with E-state index in [1.165, 1.54) is 43.7 Å². The lowest BCUT2D eigenvalue weighted by atomic mass is 9.98. The zero-order chi connectivity index (χ0) is 14.5. The molecule has 0 unspecified atom stereocenters. The standard InChI is InChI=1S/C17H34OSi/c1-14(2)12-13-19(15(3)4,16(5)6)18-17-10-8-7-9-11-17/h12,15-17H,7-11,13H2,1-6H3. The normalized spacial score (nSPS) is 18.1. The molecule has 1 rings (SSSR count). The average Bonchev–Trinajstić information content (AvgIpc) is 2.34. The summed E-state index contributed by atoms with van der Waals surface area (Å²) >= 11 is 0. The number of allylic oxidation sites excluding steroid dienone is 2. The van der Waals surface area contributed by atoms with Crippen molar-refractivity contribution in [2.45, 2.75) is 96.9 Å². The van der Waals surface area contributed by atoms with Crippen LogP contribution in [0.2, 0.25) is 17.1 Å². The van der Waals surface area contributed by atoms with Crippen LogP contribution >= 0.6 is 0 Å². The number of hydrogen-bond donors (Lipinski definition) is 0. The Kier molecular flexibility index (Phi) is 6.82. The summed E-state index contributed by atoms with van der Waals surface area (Å²) in [6.07, 6.45) is 9.71. The average molecular weight is 283 g/mol. The summed E-state index contributed by atoms with van der Waals surface area (Å²) in [7, 11) is -1.68. The maximum Gasteiger partial charge on any atom is 0.201 e. The van der Waals surface area contributed by atoms with Crippen LogP contribution in [0.3, 0.4) is 0 Å². The lowest BCUT2D eigenvalue weighted by molar-refractivity contribution is 0.136. The SMILES string of the molecule is CC(C)=CC[Si](OC1CCCCC1)(C(C)C)C(C)C. The summed E-state index contributed by atoms with van der Waals surface area (Å²) in [6, 6.07) is 1.20. The Hall–Kier alpha value is -0.0831. The molecule has 0 N–H and O–H groups in total. The minimum absolute atomic E-state index is 0.552. The maximum atomic E-state index is 6.85. The lowest BCUT2D eigenvalue weighted by Crippen LogP contribution is -2.47. The predicted molar refractivity (Wildman–Crippen MR) is 88.1 cm³/mol. The molecule has 0 atom stereocenters. The van der Waals surface area contributed by atoms with Gasteiger partial charge in [0.15, 0.2) is 0 Å². The zero-order valence-electron chi connectivity index (χ0n) is 14.0. The van der Waals surface area contributed by atoms with Crippen LogP contribution in [0.5, 0.6) is 0 Å². The molecule has 19 heavy (non-hydrogen) atoms. The van der Waals surface area contributed by atoms with E-state index in [1.54, 1.807) is 0 Å². The van der Waals surface area contributed by atoms with Gasteiger partial charge in [0.1, 0.15) is 0 Å². The summed E-state index contributed by atoms with van der Waals surface area (Å²) in [6.45, 7) is 13.9. The van der Waals surface area contributed by atoms with E-state index in [2.05, 4.69) is 47.6 Å². The topological polar surface area (TPSA) is 9.23 Å². The van der Waals surface area contributed by atoms with Gasteiger partial charge in [0.05, 0.1) is 0 Å². The Balaban J connectivity index is 2.84. The first kappa shape index (κ1) is 17.0. The second-order valence-electron chi connectivity index (χ2n) is 7.13. The van der Waals surface area contributed by atoms with Gasteiger partial charge in [-0.25, -0.2) is 0 Å². The van der Waals surface area contributed by atoms with Crippen LogP contribution in [0.15, 0.2) is 11.6 Å². The fourth-order valence-corrected chi connectivity index (χ4v) is 7.82. The molecule has 112 valence electrons. The highest BCUT2D eigenvalue weighted by molar-refractivity contribution is 6.76. The van der Waals surface area contributed by atoms with Crippen molar-refractivity contribution in [1.82, 2.24) is 0 Å². The van der Waals surface area contributed by atoms with Crippen LogP contribution in [-0.2, 0) is 4.43 Å². The third-order valence-corrected chi connectivity index (χ3v) is 10.2. The number of hydrogen-bond acceptors (Lipinski definition) is 1.